The van der Waals surface area contributed by atoms with Gasteiger partial charge in [0, 0.05) is 15.5 Å². The zero-order chi connectivity index (χ0) is 6.08. The van der Waals surface area contributed by atoms with Crippen molar-refractivity contribution in [1.29, 1.82) is 0 Å². The lowest BCUT2D eigenvalue weighted by Crippen LogP contribution is -2.26. The second kappa shape index (κ2) is 1.98. The summed E-state index contributed by atoms with van der Waals surface area (Å²) in [5, 5.41) is 0.0556. The summed E-state index contributed by atoms with van der Waals surface area (Å²) in [5.74, 6) is 0. The molecule has 7 heavy (non-hydrogen) atoms. The SMILES string of the molecule is [B]B([B])C(C)(C)C. The predicted octanol–water partition coefficient (Wildman–Crippen LogP) is 0.612. The highest BCUT2D eigenvalue weighted by Crippen LogP contribution is 2.22. The Morgan fingerprint density at radius 3 is 1.29 bits per heavy atom. The van der Waals surface area contributed by atoms with Crippen molar-refractivity contribution in [2.24, 2.45) is 0 Å². The van der Waals surface area contributed by atoms with E-state index in [2.05, 4.69) is 0 Å². The summed E-state index contributed by atoms with van der Waals surface area (Å²) in [6, 6.07) is 0. The molecule has 0 amide bonds. The molecule has 0 aromatic heterocycles. The highest BCUT2D eigenvalue weighted by molar-refractivity contribution is 7.30. The summed E-state index contributed by atoms with van der Waals surface area (Å²) >= 11 is 0. The number of rotatable bonds is 0. The summed E-state index contributed by atoms with van der Waals surface area (Å²) in [6.45, 7) is 5.83. The minimum Gasteiger partial charge on any atom is -0.0760 e. The predicted molar refractivity (Wildman–Crippen MR) is 37.0 cm³/mol. The van der Waals surface area contributed by atoms with Crippen LogP contribution in [0, 0.1) is 0 Å². The topological polar surface area (TPSA) is 0 Å². The molecule has 0 bridgehead atoms. The highest BCUT2D eigenvalue weighted by Gasteiger charge is 2.15. The van der Waals surface area contributed by atoms with Crippen molar-refractivity contribution < 1.29 is 0 Å². The van der Waals surface area contributed by atoms with E-state index < -0.39 is 0 Å². The lowest BCUT2D eigenvalue weighted by molar-refractivity contribution is 0.758. The third-order valence-corrected chi connectivity index (χ3v) is 1.00. The molecule has 0 rings (SSSR count). The third-order valence-electron chi connectivity index (χ3n) is 1.00. The van der Waals surface area contributed by atoms with Crippen molar-refractivity contribution in [3.63, 3.8) is 0 Å². The van der Waals surface area contributed by atoms with Crippen LogP contribution >= 0.6 is 0 Å². The lowest BCUT2D eigenvalue weighted by atomic mass is 9.11. The zero-order valence-electron chi connectivity index (χ0n) is 5.23. The molecule has 0 aliphatic rings. The fourth-order valence-electron chi connectivity index (χ4n) is 0. The molecule has 0 saturated heterocycles. The molecule has 0 aromatic rings. The van der Waals surface area contributed by atoms with Crippen molar-refractivity contribution in [3.05, 3.63) is 0 Å². The number of hydrogen-bond donors (Lipinski definition) is 0. The normalized spacial score (nSPS) is 11.3. The van der Waals surface area contributed by atoms with Gasteiger partial charge in [0.2, 0.25) is 0 Å². The minimum absolute atomic E-state index is 0.0556. The van der Waals surface area contributed by atoms with Crippen LogP contribution in [0.2, 0.25) is 5.31 Å². The Hall–Kier alpha value is 0.195. The van der Waals surface area contributed by atoms with Gasteiger partial charge in [0.15, 0.2) is 0 Å². The second-order valence-electron chi connectivity index (χ2n) is 2.89. The van der Waals surface area contributed by atoms with Crippen LogP contribution in [0.5, 0.6) is 0 Å². The number of hydrogen-bond acceptors (Lipinski definition) is 0. The fourth-order valence-corrected chi connectivity index (χ4v) is 0. The minimum atomic E-state index is -0.201. The molecule has 0 nitrogen and oxygen atoms in total. The molecule has 0 unspecified atom stereocenters. The van der Waals surface area contributed by atoms with Crippen molar-refractivity contribution in [2.45, 2.75) is 26.1 Å². The van der Waals surface area contributed by atoms with Crippen LogP contribution in [-0.2, 0) is 0 Å². The first kappa shape index (κ1) is 7.19. The van der Waals surface area contributed by atoms with E-state index in [4.69, 9.17) is 15.5 Å². The van der Waals surface area contributed by atoms with Gasteiger partial charge in [-0.25, -0.2) is 0 Å². The Morgan fingerprint density at radius 1 is 1.14 bits per heavy atom. The maximum atomic E-state index is 5.35. The van der Waals surface area contributed by atoms with Gasteiger partial charge in [-0.05, 0) is 0 Å². The molecule has 0 saturated carbocycles. The summed E-state index contributed by atoms with van der Waals surface area (Å²) in [5.41, 5.74) is 0. The van der Waals surface area contributed by atoms with E-state index in [9.17, 15) is 0 Å². The van der Waals surface area contributed by atoms with Crippen LogP contribution in [-0.4, -0.2) is 22.0 Å². The standard InChI is InChI=1S/C4H9B3/c1-4(2,3)7(5)6/h1-3H3. The van der Waals surface area contributed by atoms with Gasteiger partial charge in [0.1, 0.15) is 0 Å². The van der Waals surface area contributed by atoms with Gasteiger partial charge in [0.25, 0.3) is 0 Å². The molecule has 4 radical (unpaired) electrons. The second-order valence-corrected chi connectivity index (χ2v) is 2.89. The summed E-state index contributed by atoms with van der Waals surface area (Å²) in [7, 11) is 10.7. The van der Waals surface area contributed by atoms with Gasteiger partial charge < -0.3 is 0 Å². The van der Waals surface area contributed by atoms with Crippen molar-refractivity contribution in [1.82, 2.24) is 0 Å². The van der Waals surface area contributed by atoms with Crippen molar-refractivity contribution in [3.8, 4) is 0 Å². The van der Waals surface area contributed by atoms with Gasteiger partial charge in [0.05, 0.1) is 6.49 Å². The molecule has 0 aromatic carbocycles. The molecule has 3 heteroatoms. The molecule has 34 valence electrons. The Morgan fingerprint density at radius 2 is 1.29 bits per heavy atom. The van der Waals surface area contributed by atoms with Gasteiger partial charge in [-0.1, -0.05) is 26.1 Å². The Kier molecular flexibility index (Phi) is 2.03. The molecular weight excluding hydrogens is 80.5 g/mol. The Balaban J connectivity index is 3.54. The van der Waals surface area contributed by atoms with Crippen LogP contribution in [0.25, 0.3) is 0 Å². The first-order valence-corrected chi connectivity index (χ1v) is 2.46. The molecule has 0 atom stereocenters. The monoisotopic (exact) mass is 90.1 g/mol. The van der Waals surface area contributed by atoms with E-state index in [1.807, 2.05) is 20.8 Å². The molecule has 0 fully saturated rings. The first-order valence-electron chi connectivity index (χ1n) is 2.46. The summed E-state index contributed by atoms with van der Waals surface area (Å²) in [4.78, 5) is 0. The Labute approximate surface area is 48.9 Å². The van der Waals surface area contributed by atoms with E-state index in [1.54, 1.807) is 0 Å². The van der Waals surface area contributed by atoms with Gasteiger partial charge in [-0.3, -0.25) is 0 Å². The average Bonchev–Trinajstić information content (AvgIpc) is 1.31. The van der Waals surface area contributed by atoms with E-state index >= 15 is 0 Å². The van der Waals surface area contributed by atoms with Crippen LogP contribution < -0.4 is 0 Å². The van der Waals surface area contributed by atoms with Crippen molar-refractivity contribution >= 4 is 22.0 Å². The lowest BCUT2D eigenvalue weighted by Gasteiger charge is -2.21. The van der Waals surface area contributed by atoms with Gasteiger partial charge in [-0.2, -0.15) is 0 Å². The maximum absolute atomic E-state index is 5.35. The average molecular weight is 89.6 g/mol. The van der Waals surface area contributed by atoms with Crippen molar-refractivity contribution in [2.75, 3.05) is 0 Å². The largest absolute Gasteiger partial charge is 0.0760 e. The molecule has 0 spiro atoms. The zero-order valence-corrected chi connectivity index (χ0v) is 5.23. The van der Waals surface area contributed by atoms with Gasteiger partial charge in [-0.15, -0.1) is 0 Å². The van der Waals surface area contributed by atoms with E-state index in [0.717, 1.165) is 0 Å². The molecule has 0 N–H and O–H groups in total. The van der Waals surface area contributed by atoms with Crippen LogP contribution in [0.3, 0.4) is 0 Å². The maximum Gasteiger partial charge on any atom is 0.0520 e. The molecule has 0 aliphatic carbocycles. The molecule has 0 heterocycles. The summed E-state index contributed by atoms with van der Waals surface area (Å²) < 4.78 is 0. The summed E-state index contributed by atoms with van der Waals surface area (Å²) in [6.07, 6.45) is 0. The first-order chi connectivity index (χ1) is 2.94. The highest BCUT2D eigenvalue weighted by atomic mass is 14.0. The van der Waals surface area contributed by atoms with E-state index in [0.29, 0.717) is 0 Å². The van der Waals surface area contributed by atoms with Crippen LogP contribution in [0.1, 0.15) is 20.8 Å². The smallest absolute Gasteiger partial charge is 0.0520 e. The van der Waals surface area contributed by atoms with Crippen LogP contribution in [0.4, 0.5) is 0 Å². The fraction of sp³-hybridized carbons (Fsp3) is 1.00. The molecular formula is C4H9B3. The van der Waals surface area contributed by atoms with E-state index in [1.165, 1.54) is 0 Å². The molecule has 0 aliphatic heterocycles. The third kappa shape index (κ3) is 2.84. The quantitative estimate of drug-likeness (QED) is 0.382. The Bertz CT molecular complexity index is 52.4. The van der Waals surface area contributed by atoms with Crippen LogP contribution in [0.15, 0.2) is 0 Å². The van der Waals surface area contributed by atoms with Gasteiger partial charge >= 0.3 is 0 Å². The van der Waals surface area contributed by atoms with E-state index in [-0.39, 0.29) is 11.8 Å².